The third-order valence-corrected chi connectivity index (χ3v) is 10.7. The van der Waals surface area contributed by atoms with Gasteiger partial charge in [0.1, 0.15) is 11.2 Å². The summed E-state index contributed by atoms with van der Waals surface area (Å²) in [5.41, 5.74) is 11.6. The van der Waals surface area contributed by atoms with Gasteiger partial charge in [-0.3, -0.25) is 0 Å². The number of furan rings is 1. The molecule has 0 fully saturated rings. The zero-order valence-corrected chi connectivity index (χ0v) is 26.6. The first-order valence-electron chi connectivity index (χ1n) is 17.0. The van der Waals surface area contributed by atoms with Crippen molar-refractivity contribution in [2.45, 2.75) is 12.1 Å². The molecule has 0 radical (unpaired) electrons. The third-order valence-electron chi connectivity index (χ3n) is 10.7. The zero-order valence-electron chi connectivity index (χ0n) is 26.6. The highest BCUT2D eigenvalue weighted by Crippen LogP contribution is 2.46. The highest BCUT2D eigenvalue weighted by atomic mass is 16.3. The van der Waals surface area contributed by atoms with Gasteiger partial charge in [0, 0.05) is 10.8 Å². The fourth-order valence-corrected chi connectivity index (χ4v) is 8.31. The summed E-state index contributed by atoms with van der Waals surface area (Å²) in [6.07, 6.45) is 9.09. The molecule has 1 aromatic heterocycles. The van der Waals surface area contributed by atoms with Crippen LogP contribution >= 0.6 is 0 Å². The molecule has 11 rings (SSSR count). The Morgan fingerprint density at radius 2 is 1.12 bits per heavy atom. The Bertz CT molecular complexity index is 2840. The molecule has 0 bridgehead atoms. The number of para-hydroxylation sites is 1. The SMILES string of the molecule is C1=CC(c2ccccc2)Nc2c1ccc1c2NC(c2ccc3ccc4c(-c5ccc6oc7ccccc7c6c5)ccc5ccc2c3c54)C=C1. The summed E-state index contributed by atoms with van der Waals surface area (Å²) in [5, 5.41) is 17.8. The van der Waals surface area contributed by atoms with Crippen LogP contribution < -0.4 is 10.6 Å². The van der Waals surface area contributed by atoms with Crippen molar-refractivity contribution in [2.24, 2.45) is 0 Å². The molecule has 49 heavy (non-hydrogen) atoms. The van der Waals surface area contributed by atoms with Crippen LogP contribution in [0.4, 0.5) is 11.4 Å². The average Bonchev–Trinajstić information content (AvgIpc) is 3.55. The molecule has 0 saturated heterocycles. The van der Waals surface area contributed by atoms with Gasteiger partial charge in [-0.15, -0.1) is 0 Å². The van der Waals surface area contributed by atoms with E-state index in [1.807, 2.05) is 12.1 Å². The topological polar surface area (TPSA) is 37.2 Å². The molecule has 3 nitrogen and oxygen atoms in total. The van der Waals surface area contributed by atoms with Gasteiger partial charge in [0.05, 0.1) is 23.5 Å². The molecule has 230 valence electrons. The van der Waals surface area contributed by atoms with Crippen LogP contribution in [-0.4, -0.2) is 0 Å². The predicted octanol–water partition coefficient (Wildman–Crippen LogP) is 12.5. The maximum Gasteiger partial charge on any atom is 0.135 e. The van der Waals surface area contributed by atoms with E-state index in [0.717, 1.165) is 33.3 Å². The number of nitrogens with one attached hydrogen (secondary N) is 2. The van der Waals surface area contributed by atoms with Crippen molar-refractivity contribution in [2.75, 3.05) is 10.6 Å². The lowest BCUT2D eigenvalue weighted by atomic mass is 9.86. The lowest BCUT2D eigenvalue weighted by molar-refractivity contribution is 0.669. The van der Waals surface area contributed by atoms with Gasteiger partial charge in [0.15, 0.2) is 0 Å². The van der Waals surface area contributed by atoms with Gasteiger partial charge in [-0.2, -0.15) is 0 Å². The second kappa shape index (κ2) is 10.1. The van der Waals surface area contributed by atoms with Crippen LogP contribution in [0.5, 0.6) is 0 Å². The molecule has 3 heteroatoms. The summed E-state index contributed by atoms with van der Waals surface area (Å²) in [5.74, 6) is 0. The van der Waals surface area contributed by atoms with Crippen LogP contribution in [0, 0.1) is 0 Å². The van der Waals surface area contributed by atoms with E-state index in [0.29, 0.717) is 0 Å². The van der Waals surface area contributed by atoms with Crippen molar-refractivity contribution in [3.8, 4) is 11.1 Å². The predicted molar refractivity (Wildman–Crippen MR) is 207 cm³/mol. The Balaban J connectivity index is 1.04. The largest absolute Gasteiger partial charge is 0.456 e. The fraction of sp³-hybridized carbons (Fsp3) is 0.0435. The summed E-state index contributed by atoms with van der Waals surface area (Å²) in [6, 6.07) is 48.5. The van der Waals surface area contributed by atoms with Crippen molar-refractivity contribution in [1.29, 1.82) is 0 Å². The van der Waals surface area contributed by atoms with Crippen LogP contribution in [0.1, 0.15) is 34.3 Å². The summed E-state index contributed by atoms with van der Waals surface area (Å²) in [7, 11) is 0. The Labute approximate surface area is 283 Å². The van der Waals surface area contributed by atoms with Gasteiger partial charge >= 0.3 is 0 Å². The molecule has 2 aliphatic rings. The summed E-state index contributed by atoms with van der Waals surface area (Å²) in [4.78, 5) is 0. The summed E-state index contributed by atoms with van der Waals surface area (Å²) in [6.45, 7) is 0. The Kier molecular flexibility index (Phi) is 5.50. The molecule has 8 aromatic carbocycles. The number of anilines is 2. The lowest BCUT2D eigenvalue weighted by Crippen LogP contribution is -2.18. The monoisotopic (exact) mass is 626 g/mol. The molecule has 0 aliphatic carbocycles. The van der Waals surface area contributed by atoms with Crippen molar-refractivity contribution in [1.82, 2.24) is 0 Å². The summed E-state index contributed by atoms with van der Waals surface area (Å²) < 4.78 is 6.15. The van der Waals surface area contributed by atoms with E-state index in [-0.39, 0.29) is 12.1 Å². The Hall–Kier alpha value is -6.32. The second-order valence-corrected chi connectivity index (χ2v) is 13.4. The maximum absolute atomic E-state index is 6.15. The van der Waals surface area contributed by atoms with Crippen molar-refractivity contribution < 1.29 is 4.42 Å². The van der Waals surface area contributed by atoms with Gasteiger partial charge < -0.3 is 15.1 Å². The molecule has 0 spiro atoms. The second-order valence-electron chi connectivity index (χ2n) is 13.4. The van der Waals surface area contributed by atoms with Gasteiger partial charge in [0.25, 0.3) is 0 Å². The first-order valence-corrected chi connectivity index (χ1v) is 17.0. The highest BCUT2D eigenvalue weighted by Gasteiger charge is 2.25. The number of hydrogen-bond donors (Lipinski definition) is 2. The minimum Gasteiger partial charge on any atom is -0.456 e. The molecule has 9 aromatic rings. The van der Waals surface area contributed by atoms with E-state index < -0.39 is 0 Å². The number of hydrogen-bond acceptors (Lipinski definition) is 3. The van der Waals surface area contributed by atoms with Crippen LogP contribution in [0.3, 0.4) is 0 Å². The van der Waals surface area contributed by atoms with E-state index in [1.165, 1.54) is 65.7 Å². The number of benzene rings is 8. The Morgan fingerprint density at radius 1 is 0.469 bits per heavy atom. The smallest absolute Gasteiger partial charge is 0.135 e. The van der Waals surface area contributed by atoms with Gasteiger partial charge in [-0.1, -0.05) is 140 Å². The normalized spacial score (nSPS) is 16.7. The van der Waals surface area contributed by atoms with E-state index in [1.54, 1.807) is 0 Å². The molecule has 0 saturated carbocycles. The van der Waals surface area contributed by atoms with Crippen LogP contribution in [0.25, 0.3) is 77.5 Å². The molecule has 2 unspecified atom stereocenters. The fourth-order valence-electron chi connectivity index (χ4n) is 8.31. The van der Waals surface area contributed by atoms with Crippen LogP contribution in [0.2, 0.25) is 0 Å². The average molecular weight is 627 g/mol. The molecular weight excluding hydrogens is 597 g/mol. The molecule has 2 atom stereocenters. The van der Waals surface area contributed by atoms with Crippen LogP contribution in [-0.2, 0) is 0 Å². The van der Waals surface area contributed by atoms with Crippen molar-refractivity contribution in [3.05, 3.63) is 168 Å². The highest BCUT2D eigenvalue weighted by molar-refractivity contribution is 6.26. The standard InChI is InChI=1S/C46H30N2O/c1-2-6-27(7-3-1)39-23-16-30-10-11-31-17-24-40(48-46(31)45(30)47-39)34-20-13-29-14-21-36-33(19-12-28-15-22-37(34)44(29)43(28)36)32-18-25-42-38(26-32)35-8-4-5-9-41(35)49-42/h1-26,39-40,47-48H. The van der Waals surface area contributed by atoms with Crippen molar-refractivity contribution >= 4 is 77.8 Å². The molecule has 3 heterocycles. The quantitative estimate of drug-likeness (QED) is 0.192. The lowest BCUT2D eigenvalue weighted by Gasteiger charge is -2.31. The van der Waals surface area contributed by atoms with Crippen LogP contribution in [0.15, 0.2) is 150 Å². The maximum atomic E-state index is 6.15. The summed E-state index contributed by atoms with van der Waals surface area (Å²) >= 11 is 0. The first-order chi connectivity index (χ1) is 24.3. The van der Waals surface area contributed by atoms with Gasteiger partial charge in [0.2, 0.25) is 0 Å². The molecule has 2 aliphatic heterocycles. The van der Waals surface area contributed by atoms with Gasteiger partial charge in [-0.05, 0) is 83.9 Å². The minimum absolute atomic E-state index is 0.0303. The van der Waals surface area contributed by atoms with E-state index in [2.05, 4.69) is 156 Å². The third kappa shape index (κ3) is 3.96. The number of fused-ring (bicyclic) bond motifs is 6. The molecule has 2 N–H and O–H groups in total. The van der Waals surface area contributed by atoms with Gasteiger partial charge in [-0.25, -0.2) is 0 Å². The Morgan fingerprint density at radius 3 is 1.96 bits per heavy atom. The minimum atomic E-state index is 0.0303. The number of rotatable bonds is 3. The molecular formula is C46H30N2O. The zero-order chi connectivity index (χ0) is 32.1. The van der Waals surface area contributed by atoms with E-state index in [4.69, 9.17) is 4.42 Å². The van der Waals surface area contributed by atoms with E-state index >= 15 is 0 Å². The molecule has 0 amide bonds. The van der Waals surface area contributed by atoms with Crippen molar-refractivity contribution in [3.63, 3.8) is 0 Å². The first kappa shape index (κ1) is 26.7. The van der Waals surface area contributed by atoms with E-state index in [9.17, 15) is 0 Å².